The van der Waals surface area contributed by atoms with Crippen molar-refractivity contribution in [1.82, 2.24) is 39.7 Å². The van der Waals surface area contributed by atoms with Crippen LogP contribution in [0.15, 0.2) is 73.5 Å². The summed E-state index contributed by atoms with van der Waals surface area (Å²) in [6, 6.07) is 13.1. The number of benzene rings is 1. The van der Waals surface area contributed by atoms with Gasteiger partial charge >= 0.3 is 0 Å². The van der Waals surface area contributed by atoms with Gasteiger partial charge in [-0.2, -0.15) is 14.7 Å². The summed E-state index contributed by atoms with van der Waals surface area (Å²) in [5.41, 5.74) is 10.1. The van der Waals surface area contributed by atoms with Crippen molar-refractivity contribution in [3.8, 4) is 22.4 Å². The van der Waals surface area contributed by atoms with Crippen molar-refractivity contribution in [1.29, 1.82) is 0 Å². The van der Waals surface area contributed by atoms with Gasteiger partial charge in [-0.05, 0) is 33.3 Å². The van der Waals surface area contributed by atoms with Gasteiger partial charge in [0.2, 0.25) is 5.82 Å². The van der Waals surface area contributed by atoms with Gasteiger partial charge < -0.3 is 15.7 Å². The number of hydrogen-bond acceptors (Lipinski definition) is 9. The standard InChI is InChI=1S/C29H29N9O3/c1-4-12-37(29(41)27-32-16-33-36-27)17(2)13-23(40)25-24(18(3)39)26(30)38-28(35-25)21(15-34-38)20-10-11-22(31-14-20)19-8-6-5-7-9-19/h4-12,14-17,23,40H,13,30H2,1-3H3,(H,32,33,36)/b12-4-/t17-,23-/m1/s1. The minimum Gasteiger partial charge on any atom is -0.387 e. The molecule has 12 nitrogen and oxygen atoms in total. The second kappa shape index (κ2) is 11.5. The zero-order valence-electron chi connectivity index (χ0n) is 22.8. The van der Waals surface area contributed by atoms with Crippen molar-refractivity contribution in [3.63, 3.8) is 0 Å². The molecule has 0 saturated carbocycles. The van der Waals surface area contributed by atoms with E-state index in [1.165, 1.54) is 22.7 Å². The summed E-state index contributed by atoms with van der Waals surface area (Å²) in [5, 5.41) is 22.1. The first kappa shape index (κ1) is 27.3. The van der Waals surface area contributed by atoms with E-state index in [2.05, 4.69) is 25.3 Å². The highest BCUT2D eigenvalue weighted by atomic mass is 16.3. The number of anilines is 1. The molecule has 0 unspecified atom stereocenters. The number of carbonyl (C=O) groups is 2. The van der Waals surface area contributed by atoms with Crippen LogP contribution in [0.1, 0.15) is 60.0 Å². The van der Waals surface area contributed by atoms with Gasteiger partial charge in [-0.15, -0.1) is 0 Å². The van der Waals surface area contributed by atoms with Gasteiger partial charge in [-0.3, -0.25) is 19.7 Å². The molecular weight excluding hydrogens is 522 g/mol. The molecule has 5 rings (SSSR count). The molecule has 0 radical (unpaired) electrons. The predicted molar refractivity (Wildman–Crippen MR) is 152 cm³/mol. The number of allylic oxidation sites excluding steroid dienone is 1. The van der Waals surface area contributed by atoms with Crippen LogP contribution in [-0.2, 0) is 0 Å². The highest BCUT2D eigenvalue weighted by molar-refractivity contribution is 6.00. The Bertz CT molecular complexity index is 1710. The molecule has 41 heavy (non-hydrogen) atoms. The van der Waals surface area contributed by atoms with Crippen molar-refractivity contribution >= 4 is 23.2 Å². The lowest BCUT2D eigenvalue weighted by Gasteiger charge is -2.27. The first-order chi connectivity index (χ1) is 19.8. The van der Waals surface area contributed by atoms with Gasteiger partial charge in [0, 0.05) is 35.1 Å². The molecule has 0 fully saturated rings. The molecule has 1 aromatic carbocycles. The van der Waals surface area contributed by atoms with E-state index in [9.17, 15) is 14.7 Å². The number of rotatable bonds is 9. The molecule has 1 amide bonds. The second-order valence-electron chi connectivity index (χ2n) is 9.53. The number of carbonyl (C=O) groups excluding carboxylic acids is 2. The number of aromatic amines is 1. The van der Waals surface area contributed by atoms with Crippen molar-refractivity contribution < 1.29 is 14.7 Å². The number of aliphatic hydroxyl groups is 1. The number of hydrogen-bond donors (Lipinski definition) is 3. The number of Topliss-reactive ketones (excluding diaryl/α,β-unsaturated/α-hetero) is 1. The molecule has 12 heteroatoms. The third-order valence-electron chi connectivity index (χ3n) is 6.72. The SMILES string of the molecule is C/C=C\N(C(=O)c1ncn[nH]1)[C@H](C)C[C@@H](O)c1nc2c(-c3ccc(-c4ccccc4)nc3)cnn2c(N)c1C(C)=O. The Morgan fingerprint density at radius 2 is 1.90 bits per heavy atom. The monoisotopic (exact) mass is 551 g/mol. The fraction of sp³-hybridized carbons (Fsp3) is 0.207. The molecular formula is C29H29N9O3. The molecule has 4 heterocycles. The maximum Gasteiger partial charge on any atom is 0.295 e. The Kier molecular flexibility index (Phi) is 7.66. The van der Waals surface area contributed by atoms with E-state index in [1.54, 1.807) is 38.5 Å². The number of nitrogen functional groups attached to an aromatic ring is 1. The quantitative estimate of drug-likeness (QED) is 0.230. The normalized spacial score (nSPS) is 13.0. The van der Waals surface area contributed by atoms with Crippen LogP contribution in [0.2, 0.25) is 0 Å². The number of pyridine rings is 1. The summed E-state index contributed by atoms with van der Waals surface area (Å²) < 4.78 is 1.39. The maximum absolute atomic E-state index is 13.0. The molecule has 0 aliphatic rings. The average molecular weight is 552 g/mol. The van der Waals surface area contributed by atoms with Crippen LogP contribution in [0.5, 0.6) is 0 Å². The first-order valence-electron chi connectivity index (χ1n) is 13.0. The Hall–Kier alpha value is -5.23. The van der Waals surface area contributed by atoms with Gasteiger partial charge in [0.1, 0.15) is 12.1 Å². The van der Waals surface area contributed by atoms with E-state index in [-0.39, 0.29) is 35.1 Å². The van der Waals surface area contributed by atoms with E-state index >= 15 is 0 Å². The molecule has 5 aromatic rings. The van der Waals surface area contributed by atoms with Crippen molar-refractivity contribution in [2.75, 3.05) is 5.73 Å². The summed E-state index contributed by atoms with van der Waals surface area (Å²) in [6.45, 7) is 4.91. The number of aliphatic hydroxyl groups excluding tert-OH is 1. The van der Waals surface area contributed by atoms with Gasteiger partial charge in [0.05, 0.1) is 29.3 Å². The summed E-state index contributed by atoms with van der Waals surface area (Å²) in [6.07, 6.45) is 6.70. The van der Waals surface area contributed by atoms with Gasteiger partial charge in [-0.1, -0.05) is 42.5 Å². The Balaban J connectivity index is 1.51. The molecule has 0 bridgehead atoms. The lowest BCUT2D eigenvalue weighted by Crippen LogP contribution is -2.36. The van der Waals surface area contributed by atoms with Gasteiger partial charge in [-0.25, -0.2) is 9.97 Å². The maximum atomic E-state index is 13.0. The Morgan fingerprint density at radius 3 is 2.54 bits per heavy atom. The third-order valence-corrected chi connectivity index (χ3v) is 6.72. The minimum atomic E-state index is -1.23. The zero-order chi connectivity index (χ0) is 29.1. The predicted octanol–water partition coefficient (Wildman–Crippen LogP) is 3.85. The number of H-pyrrole nitrogens is 1. The summed E-state index contributed by atoms with van der Waals surface area (Å²) in [5.74, 6) is -0.659. The van der Waals surface area contributed by atoms with Crippen LogP contribution >= 0.6 is 0 Å². The second-order valence-corrected chi connectivity index (χ2v) is 9.53. The number of aromatic nitrogens is 7. The summed E-state index contributed by atoms with van der Waals surface area (Å²) in [7, 11) is 0. The van der Waals surface area contributed by atoms with Gasteiger partial charge in [0.25, 0.3) is 5.91 Å². The first-order valence-corrected chi connectivity index (χ1v) is 13.0. The number of nitrogens with two attached hydrogens (primary N) is 1. The van der Waals surface area contributed by atoms with E-state index in [1.807, 2.05) is 42.5 Å². The molecule has 208 valence electrons. The number of nitrogens with zero attached hydrogens (tertiary/aromatic N) is 7. The van der Waals surface area contributed by atoms with E-state index in [0.29, 0.717) is 11.2 Å². The molecule has 0 aliphatic heterocycles. The van der Waals surface area contributed by atoms with Crippen LogP contribution in [0.3, 0.4) is 0 Å². The average Bonchev–Trinajstić information content (AvgIpc) is 3.67. The van der Waals surface area contributed by atoms with Crippen LogP contribution in [0.25, 0.3) is 28.0 Å². The van der Waals surface area contributed by atoms with Crippen LogP contribution in [0, 0.1) is 0 Å². The fourth-order valence-electron chi connectivity index (χ4n) is 4.73. The van der Waals surface area contributed by atoms with Crippen LogP contribution < -0.4 is 5.73 Å². The highest BCUT2D eigenvalue weighted by Crippen LogP contribution is 2.32. The molecule has 4 aromatic heterocycles. The van der Waals surface area contributed by atoms with E-state index in [0.717, 1.165) is 16.8 Å². The summed E-state index contributed by atoms with van der Waals surface area (Å²) >= 11 is 0. The number of ketones is 1. The van der Waals surface area contributed by atoms with Crippen LogP contribution in [-0.4, -0.2) is 62.5 Å². The molecule has 4 N–H and O–H groups in total. The number of amides is 1. The summed E-state index contributed by atoms with van der Waals surface area (Å²) in [4.78, 5) is 40.3. The smallest absolute Gasteiger partial charge is 0.295 e. The molecule has 0 spiro atoms. The number of nitrogens with one attached hydrogen (secondary N) is 1. The van der Waals surface area contributed by atoms with Crippen LogP contribution in [0.4, 0.5) is 5.82 Å². The van der Waals surface area contributed by atoms with Crippen molar-refractivity contribution in [2.45, 2.75) is 39.3 Å². The Morgan fingerprint density at radius 1 is 1.12 bits per heavy atom. The number of fused-ring (bicyclic) bond motifs is 1. The zero-order valence-corrected chi connectivity index (χ0v) is 22.8. The van der Waals surface area contributed by atoms with Crippen molar-refractivity contribution in [2.24, 2.45) is 0 Å². The highest BCUT2D eigenvalue weighted by Gasteiger charge is 2.29. The topological polar surface area (TPSA) is 168 Å². The van der Waals surface area contributed by atoms with Crippen molar-refractivity contribution in [3.05, 3.63) is 90.5 Å². The Labute approximate surface area is 235 Å². The van der Waals surface area contributed by atoms with Gasteiger partial charge in [0.15, 0.2) is 11.4 Å². The molecule has 2 atom stereocenters. The molecule has 0 aliphatic carbocycles. The third kappa shape index (κ3) is 5.32. The molecule has 0 saturated heterocycles. The van der Waals surface area contributed by atoms with E-state index in [4.69, 9.17) is 10.7 Å². The minimum absolute atomic E-state index is 0.0594. The largest absolute Gasteiger partial charge is 0.387 e. The lowest BCUT2D eigenvalue weighted by molar-refractivity contribution is 0.0696. The van der Waals surface area contributed by atoms with E-state index < -0.39 is 18.1 Å². The fourth-order valence-corrected chi connectivity index (χ4v) is 4.73. The lowest BCUT2D eigenvalue weighted by atomic mass is 10.00.